The van der Waals surface area contributed by atoms with Crippen LogP contribution in [0.1, 0.15) is 48.2 Å². The van der Waals surface area contributed by atoms with Crippen LogP contribution in [-0.4, -0.2) is 12.5 Å². The Kier molecular flexibility index (Phi) is 4.09. The molecule has 0 saturated heterocycles. The highest BCUT2D eigenvalue weighted by atomic mass is 16.3. The van der Waals surface area contributed by atoms with Crippen molar-refractivity contribution in [3.8, 4) is 0 Å². The number of allylic oxidation sites excluding steroid dienone is 1. The molecular weight excluding hydrogens is 262 g/mol. The summed E-state index contributed by atoms with van der Waals surface area (Å²) in [4.78, 5) is 12.1. The van der Waals surface area contributed by atoms with Gasteiger partial charge in [-0.2, -0.15) is 0 Å². The fourth-order valence-corrected chi connectivity index (χ4v) is 2.88. The highest BCUT2D eigenvalue weighted by Crippen LogP contribution is 2.23. The van der Waals surface area contributed by atoms with Crippen LogP contribution in [0.3, 0.4) is 0 Å². The van der Waals surface area contributed by atoms with E-state index in [1.165, 1.54) is 31.3 Å². The fourth-order valence-electron chi connectivity index (χ4n) is 2.88. The van der Waals surface area contributed by atoms with Crippen molar-refractivity contribution in [1.29, 1.82) is 0 Å². The molecule has 1 aliphatic carbocycles. The van der Waals surface area contributed by atoms with Gasteiger partial charge in [0.25, 0.3) is 5.91 Å². The maximum Gasteiger partial charge on any atom is 0.287 e. The molecule has 1 amide bonds. The third kappa shape index (κ3) is 3.18. The van der Waals surface area contributed by atoms with Gasteiger partial charge in [0.05, 0.1) is 0 Å². The second-order valence-corrected chi connectivity index (χ2v) is 5.72. The summed E-state index contributed by atoms with van der Waals surface area (Å²) in [7, 11) is 0. The molecule has 3 nitrogen and oxygen atoms in total. The van der Waals surface area contributed by atoms with E-state index in [2.05, 4.69) is 11.4 Å². The minimum absolute atomic E-state index is 0.123. The normalized spacial score (nSPS) is 15.0. The summed E-state index contributed by atoms with van der Waals surface area (Å²) >= 11 is 0. The van der Waals surface area contributed by atoms with Gasteiger partial charge in [0.15, 0.2) is 5.76 Å². The van der Waals surface area contributed by atoms with Crippen molar-refractivity contribution >= 4 is 16.9 Å². The van der Waals surface area contributed by atoms with Crippen LogP contribution in [0.5, 0.6) is 0 Å². The van der Waals surface area contributed by atoms with Gasteiger partial charge in [-0.1, -0.05) is 29.8 Å². The number of carbonyl (C=O) groups is 1. The zero-order valence-electron chi connectivity index (χ0n) is 12.4. The van der Waals surface area contributed by atoms with Crippen LogP contribution in [0.4, 0.5) is 0 Å². The van der Waals surface area contributed by atoms with Gasteiger partial charge in [-0.05, 0) is 50.7 Å². The Bertz CT molecular complexity index is 682. The molecule has 21 heavy (non-hydrogen) atoms. The Morgan fingerprint density at radius 3 is 3.00 bits per heavy atom. The van der Waals surface area contributed by atoms with Crippen molar-refractivity contribution < 1.29 is 9.21 Å². The van der Waals surface area contributed by atoms with Crippen molar-refractivity contribution in [2.45, 2.75) is 39.0 Å². The summed E-state index contributed by atoms with van der Waals surface area (Å²) in [6, 6.07) is 7.75. The lowest BCUT2D eigenvalue weighted by Gasteiger charge is -2.12. The minimum atomic E-state index is -0.123. The lowest BCUT2D eigenvalue weighted by molar-refractivity contribution is 0.0928. The van der Waals surface area contributed by atoms with Crippen LogP contribution in [0.2, 0.25) is 0 Å². The predicted octanol–water partition coefficient (Wildman–Crippen LogP) is 4.36. The Labute approximate surface area is 125 Å². The van der Waals surface area contributed by atoms with E-state index in [1.54, 1.807) is 0 Å². The van der Waals surface area contributed by atoms with Gasteiger partial charge in [-0.3, -0.25) is 4.79 Å². The van der Waals surface area contributed by atoms with E-state index in [4.69, 9.17) is 4.42 Å². The SMILES string of the molecule is Cc1cccc2cc(C(=O)NCCC3=CCCCC3)oc12. The number of rotatable bonds is 4. The number of carbonyl (C=O) groups excluding carboxylic acids is 1. The molecule has 0 radical (unpaired) electrons. The van der Waals surface area contributed by atoms with E-state index < -0.39 is 0 Å². The standard InChI is InChI=1S/C18H21NO2/c1-13-6-5-9-15-12-16(21-17(13)15)18(20)19-11-10-14-7-3-2-4-8-14/h5-7,9,12H,2-4,8,10-11H2,1H3,(H,19,20). The van der Waals surface area contributed by atoms with Crippen LogP contribution in [0.25, 0.3) is 11.0 Å². The summed E-state index contributed by atoms with van der Waals surface area (Å²) in [5.74, 6) is 0.277. The van der Waals surface area contributed by atoms with Crippen LogP contribution < -0.4 is 5.32 Å². The second-order valence-electron chi connectivity index (χ2n) is 5.72. The minimum Gasteiger partial charge on any atom is -0.451 e. The Balaban J connectivity index is 1.61. The van der Waals surface area contributed by atoms with Crippen LogP contribution in [-0.2, 0) is 0 Å². The zero-order chi connectivity index (χ0) is 14.7. The molecular formula is C18H21NO2. The summed E-state index contributed by atoms with van der Waals surface area (Å²) in [5.41, 5.74) is 3.33. The first kappa shape index (κ1) is 13.9. The Hall–Kier alpha value is -2.03. The molecule has 1 aliphatic rings. The molecule has 3 rings (SSSR count). The molecule has 0 saturated carbocycles. The number of hydrogen-bond donors (Lipinski definition) is 1. The van der Waals surface area contributed by atoms with Crippen LogP contribution >= 0.6 is 0 Å². The van der Waals surface area contributed by atoms with Gasteiger partial charge in [-0.15, -0.1) is 0 Å². The summed E-state index contributed by atoms with van der Waals surface area (Å²) in [6.45, 7) is 2.67. The van der Waals surface area contributed by atoms with Crippen molar-refractivity contribution in [1.82, 2.24) is 5.32 Å². The van der Waals surface area contributed by atoms with Crippen molar-refractivity contribution in [2.75, 3.05) is 6.54 Å². The summed E-state index contributed by atoms with van der Waals surface area (Å²) < 4.78 is 5.68. The number of para-hydroxylation sites is 1. The molecule has 2 aromatic rings. The first-order valence-corrected chi connectivity index (χ1v) is 7.69. The highest BCUT2D eigenvalue weighted by Gasteiger charge is 2.13. The number of amides is 1. The summed E-state index contributed by atoms with van der Waals surface area (Å²) in [6.07, 6.45) is 8.22. The van der Waals surface area contributed by atoms with Gasteiger partial charge in [0.2, 0.25) is 0 Å². The molecule has 1 heterocycles. The van der Waals surface area contributed by atoms with Crippen molar-refractivity contribution in [3.63, 3.8) is 0 Å². The molecule has 1 aromatic heterocycles. The molecule has 1 aromatic carbocycles. The molecule has 110 valence electrons. The molecule has 0 bridgehead atoms. The lowest BCUT2D eigenvalue weighted by Crippen LogP contribution is -2.24. The number of fused-ring (bicyclic) bond motifs is 1. The van der Waals surface area contributed by atoms with E-state index in [0.29, 0.717) is 12.3 Å². The topological polar surface area (TPSA) is 42.2 Å². The maximum absolute atomic E-state index is 12.1. The van der Waals surface area contributed by atoms with Crippen LogP contribution in [0, 0.1) is 6.92 Å². The number of benzene rings is 1. The Morgan fingerprint density at radius 2 is 2.24 bits per heavy atom. The largest absolute Gasteiger partial charge is 0.451 e. The number of hydrogen-bond acceptors (Lipinski definition) is 2. The monoisotopic (exact) mass is 283 g/mol. The second kappa shape index (κ2) is 6.17. The number of furan rings is 1. The van der Waals surface area contributed by atoms with Gasteiger partial charge < -0.3 is 9.73 Å². The van der Waals surface area contributed by atoms with Gasteiger partial charge in [-0.25, -0.2) is 0 Å². The lowest BCUT2D eigenvalue weighted by atomic mass is 9.97. The fraction of sp³-hybridized carbons (Fsp3) is 0.389. The zero-order valence-corrected chi connectivity index (χ0v) is 12.4. The third-order valence-electron chi connectivity index (χ3n) is 4.08. The van der Waals surface area contributed by atoms with E-state index in [-0.39, 0.29) is 5.91 Å². The van der Waals surface area contributed by atoms with Gasteiger partial charge in [0.1, 0.15) is 5.58 Å². The first-order chi connectivity index (χ1) is 10.2. The maximum atomic E-state index is 12.1. The average Bonchev–Trinajstić information content (AvgIpc) is 2.94. The quantitative estimate of drug-likeness (QED) is 0.847. The molecule has 0 unspecified atom stereocenters. The number of aryl methyl sites for hydroxylation is 1. The van der Waals surface area contributed by atoms with Gasteiger partial charge in [0, 0.05) is 11.9 Å². The third-order valence-corrected chi connectivity index (χ3v) is 4.08. The molecule has 0 aliphatic heterocycles. The molecule has 0 spiro atoms. The molecule has 0 fully saturated rings. The summed E-state index contributed by atoms with van der Waals surface area (Å²) in [5, 5.41) is 3.93. The predicted molar refractivity (Wildman–Crippen MR) is 84.5 cm³/mol. The smallest absolute Gasteiger partial charge is 0.287 e. The van der Waals surface area contributed by atoms with E-state index in [9.17, 15) is 4.79 Å². The van der Waals surface area contributed by atoms with E-state index >= 15 is 0 Å². The Morgan fingerprint density at radius 1 is 1.33 bits per heavy atom. The molecule has 1 N–H and O–H groups in total. The molecule has 0 atom stereocenters. The number of nitrogens with one attached hydrogen (secondary N) is 1. The van der Waals surface area contributed by atoms with Crippen molar-refractivity contribution in [2.24, 2.45) is 0 Å². The van der Waals surface area contributed by atoms with Gasteiger partial charge >= 0.3 is 0 Å². The van der Waals surface area contributed by atoms with E-state index in [1.807, 2.05) is 31.2 Å². The molecule has 3 heteroatoms. The van der Waals surface area contributed by atoms with E-state index in [0.717, 1.165) is 23.0 Å². The van der Waals surface area contributed by atoms with Crippen molar-refractivity contribution in [3.05, 3.63) is 47.2 Å². The highest BCUT2D eigenvalue weighted by molar-refractivity contribution is 5.96. The average molecular weight is 283 g/mol. The van der Waals surface area contributed by atoms with Crippen LogP contribution in [0.15, 0.2) is 40.3 Å². The first-order valence-electron chi connectivity index (χ1n) is 7.69.